The molecule has 18 heavy (non-hydrogen) atoms. The van der Waals surface area contributed by atoms with Crippen LogP contribution in [0.15, 0.2) is 18.2 Å². The van der Waals surface area contributed by atoms with Gasteiger partial charge in [0.15, 0.2) is 11.5 Å². The van der Waals surface area contributed by atoms with Gasteiger partial charge in [-0.3, -0.25) is 4.79 Å². The van der Waals surface area contributed by atoms with E-state index >= 15 is 0 Å². The number of hydrogen-bond acceptors (Lipinski definition) is 4. The van der Waals surface area contributed by atoms with Crippen LogP contribution in [0.4, 0.5) is 0 Å². The first-order chi connectivity index (χ1) is 8.70. The fourth-order valence-electron chi connectivity index (χ4n) is 1.66. The van der Waals surface area contributed by atoms with Crippen molar-refractivity contribution in [2.45, 2.75) is 19.4 Å². The van der Waals surface area contributed by atoms with E-state index in [9.17, 15) is 4.79 Å². The number of carbonyl (C=O) groups excluding carboxylic acids is 1. The third kappa shape index (κ3) is 2.92. The zero-order valence-electron chi connectivity index (χ0n) is 10.3. The summed E-state index contributed by atoms with van der Waals surface area (Å²) in [5.74, 6) is 1.03. The molecule has 0 fully saturated rings. The third-order valence-electron chi connectivity index (χ3n) is 2.66. The molecule has 5 heteroatoms. The standard InChI is InChI=1S/C13H17NO4/c1-9(8-15)14-13(16)10-3-4-11-12(7-10)18-6-2-5-17-11/h3-4,7,9,15H,2,5-6,8H2,1H3,(H,14,16). The van der Waals surface area contributed by atoms with E-state index in [1.807, 2.05) is 0 Å². The summed E-state index contributed by atoms with van der Waals surface area (Å²) in [6.07, 6.45) is 0.831. The van der Waals surface area contributed by atoms with Gasteiger partial charge in [-0.25, -0.2) is 0 Å². The van der Waals surface area contributed by atoms with Gasteiger partial charge in [0.2, 0.25) is 0 Å². The summed E-state index contributed by atoms with van der Waals surface area (Å²) in [5, 5.41) is 11.6. The molecule has 98 valence electrons. The van der Waals surface area contributed by atoms with Crippen LogP contribution >= 0.6 is 0 Å². The molecule has 1 aromatic carbocycles. The van der Waals surface area contributed by atoms with Gasteiger partial charge in [-0.15, -0.1) is 0 Å². The lowest BCUT2D eigenvalue weighted by Gasteiger charge is -2.12. The molecule has 0 saturated carbocycles. The monoisotopic (exact) mass is 251 g/mol. The highest BCUT2D eigenvalue weighted by Gasteiger charge is 2.15. The highest BCUT2D eigenvalue weighted by molar-refractivity contribution is 5.95. The number of fused-ring (bicyclic) bond motifs is 1. The summed E-state index contributed by atoms with van der Waals surface area (Å²) in [6.45, 7) is 2.86. The van der Waals surface area contributed by atoms with E-state index in [-0.39, 0.29) is 18.6 Å². The lowest BCUT2D eigenvalue weighted by Crippen LogP contribution is -2.34. The van der Waals surface area contributed by atoms with Gasteiger partial charge in [0.25, 0.3) is 5.91 Å². The Bertz CT molecular complexity index is 433. The van der Waals surface area contributed by atoms with E-state index in [0.29, 0.717) is 30.3 Å². The average Bonchev–Trinajstić information content (AvgIpc) is 2.62. The second-order valence-electron chi connectivity index (χ2n) is 4.27. The first kappa shape index (κ1) is 12.7. The molecule has 1 aliphatic rings. The molecular formula is C13H17NO4. The molecule has 1 aromatic rings. The summed E-state index contributed by atoms with van der Waals surface area (Å²) in [6, 6.07) is 4.82. The minimum atomic E-state index is -0.270. The van der Waals surface area contributed by atoms with Crippen molar-refractivity contribution in [2.24, 2.45) is 0 Å². The Kier molecular flexibility index (Phi) is 4.04. The zero-order valence-corrected chi connectivity index (χ0v) is 10.3. The fourth-order valence-corrected chi connectivity index (χ4v) is 1.66. The van der Waals surface area contributed by atoms with Crippen molar-refractivity contribution in [3.8, 4) is 11.5 Å². The molecule has 0 bridgehead atoms. The fraction of sp³-hybridized carbons (Fsp3) is 0.462. The maximum absolute atomic E-state index is 11.9. The Morgan fingerprint density at radius 2 is 2.11 bits per heavy atom. The number of amides is 1. The number of hydrogen-bond donors (Lipinski definition) is 2. The van der Waals surface area contributed by atoms with Gasteiger partial charge in [-0.05, 0) is 25.1 Å². The van der Waals surface area contributed by atoms with E-state index in [2.05, 4.69) is 5.32 Å². The van der Waals surface area contributed by atoms with Gasteiger partial charge in [-0.2, -0.15) is 0 Å². The van der Waals surface area contributed by atoms with Gasteiger partial charge in [0, 0.05) is 18.0 Å². The quantitative estimate of drug-likeness (QED) is 0.839. The molecule has 0 aliphatic carbocycles. The van der Waals surface area contributed by atoms with Crippen molar-refractivity contribution < 1.29 is 19.4 Å². The molecule has 0 radical (unpaired) electrons. The summed E-state index contributed by atoms with van der Waals surface area (Å²) in [5.41, 5.74) is 0.500. The molecule has 1 amide bonds. The number of ether oxygens (including phenoxy) is 2. The molecule has 1 heterocycles. The smallest absolute Gasteiger partial charge is 0.251 e. The molecule has 1 unspecified atom stereocenters. The highest BCUT2D eigenvalue weighted by atomic mass is 16.5. The van der Waals surface area contributed by atoms with Crippen molar-refractivity contribution in [3.63, 3.8) is 0 Å². The van der Waals surface area contributed by atoms with E-state index in [1.165, 1.54) is 0 Å². The van der Waals surface area contributed by atoms with Crippen LogP contribution in [0, 0.1) is 0 Å². The van der Waals surface area contributed by atoms with Crippen LogP contribution in [0.3, 0.4) is 0 Å². The van der Waals surface area contributed by atoms with E-state index in [4.69, 9.17) is 14.6 Å². The lowest BCUT2D eigenvalue weighted by molar-refractivity contribution is 0.0922. The van der Waals surface area contributed by atoms with Crippen molar-refractivity contribution >= 4 is 5.91 Å². The van der Waals surface area contributed by atoms with Crippen molar-refractivity contribution in [2.75, 3.05) is 19.8 Å². The van der Waals surface area contributed by atoms with Crippen LogP contribution in [-0.2, 0) is 0 Å². The van der Waals surface area contributed by atoms with Gasteiger partial charge in [0.05, 0.1) is 19.8 Å². The molecule has 1 aliphatic heterocycles. The first-order valence-electron chi connectivity index (χ1n) is 6.02. The summed E-state index contributed by atoms with van der Waals surface area (Å²) >= 11 is 0. The van der Waals surface area contributed by atoms with Crippen molar-refractivity contribution in [1.29, 1.82) is 0 Å². The molecule has 0 saturated heterocycles. The van der Waals surface area contributed by atoms with E-state index < -0.39 is 0 Å². The third-order valence-corrected chi connectivity index (χ3v) is 2.66. The molecule has 0 spiro atoms. The molecule has 2 rings (SSSR count). The van der Waals surface area contributed by atoms with Crippen LogP contribution < -0.4 is 14.8 Å². The molecule has 0 aromatic heterocycles. The zero-order chi connectivity index (χ0) is 13.0. The Hall–Kier alpha value is -1.75. The first-order valence-corrected chi connectivity index (χ1v) is 6.02. The maximum Gasteiger partial charge on any atom is 0.251 e. The van der Waals surface area contributed by atoms with Gasteiger partial charge in [-0.1, -0.05) is 0 Å². The van der Waals surface area contributed by atoms with Crippen LogP contribution in [0.25, 0.3) is 0 Å². The predicted molar refractivity (Wildman–Crippen MR) is 66.1 cm³/mol. The molecule has 2 N–H and O–H groups in total. The van der Waals surface area contributed by atoms with Crippen molar-refractivity contribution in [1.82, 2.24) is 5.32 Å². The Morgan fingerprint density at radius 1 is 1.39 bits per heavy atom. The normalized spacial score (nSPS) is 15.7. The molecule has 5 nitrogen and oxygen atoms in total. The second kappa shape index (κ2) is 5.73. The van der Waals surface area contributed by atoms with Crippen LogP contribution in [-0.4, -0.2) is 36.9 Å². The second-order valence-corrected chi connectivity index (χ2v) is 4.27. The Balaban J connectivity index is 2.15. The van der Waals surface area contributed by atoms with Gasteiger partial charge >= 0.3 is 0 Å². The number of aliphatic hydroxyl groups is 1. The summed E-state index contributed by atoms with van der Waals surface area (Å²) in [7, 11) is 0. The van der Waals surface area contributed by atoms with Crippen LogP contribution in [0.2, 0.25) is 0 Å². The SMILES string of the molecule is CC(CO)NC(=O)c1ccc2c(c1)OCCCO2. The predicted octanol–water partition coefficient (Wildman–Crippen LogP) is 0.959. The minimum Gasteiger partial charge on any atom is -0.490 e. The number of carbonyl (C=O) groups is 1. The Labute approximate surface area is 106 Å². The van der Waals surface area contributed by atoms with E-state index in [1.54, 1.807) is 25.1 Å². The number of benzene rings is 1. The van der Waals surface area contributed by atoms with Gasteiger partial charge in [0.1, 0.15) is 0 Å². The number of nitrogens with one attached hydrogen (secondary N) is 1. The average molecular weight is 251 g/mol. The molecular weight excluding hydrogens is 234 g/mol. The highest BCUT2D eigenvalue weighted by Crippen LogP contribution is 2.30. The summed E-state index contributed by atoms with van der Waals surface area (Å²) < 4.78 is 11.0. The summed E-state index contributed by atoms with van der Waals surface area (Å²) in [4.78, 5) is 11.9. The molecule has 1 atom stereocenters. The topological polar surface area (TPSA) is 67.8 Å². The minimum absolute atomic E-state index is 0.0870. The van der Waals surface area contributed by atoms with Gasteiger partial charge < -0.3 is 19.9 Å². The van der Waals surface area contributed by atoms with Crippen molar-refractivity contribution in [3.05, 3.63) is 23.8 Å². The van der Waals surface area contributed by atoms with E-state index in [0.717, 1.165) is 6.42 Å². The largest absolute Gasteiger partial charge is 0.490 e. The maximum atomic E-state index is 11.9. The number of rotatable bonds is 3. The van der Waals surface area contributed by atoms with Crippen LogP contribution in [0.1, 0.15) is 23.7 Å². The lowest BCUT2D eigenvalue weighted by atomic mass is 10.1. The van der Waals surface area contributed by atoms with Crippen LogP contribution in [0.5, 0.6) is 11.5 Å². The number of aliphatic hydroxyl groups excluding tert-OH is 1. The Morgan fingerprint density at radius 3 is 2.83 bits per heavy atom.